The molecule has 0 saturated heterocycles. The average molecular weight is 328 g/mol. The lowest BCUT2D eigenvalue weighted by atomic mass is 10.2. The first-order valence-corrected chi connectivity index (χ1v) is 8.42. The molecule has 1 heterocycles. The van der Waals surface area contributed by atoms with E-state index >= 15 is 0 Å². The first-order valence-electron chi connectivity index (χ1n) is 6.05. The van der Waals surface area contributed by atoms with Crippen LogP contribution >= 0.6 is 11.3 Å². The van der Waals surface area contributed by atoms with Gasteiger partial charge in [-0.05, 0) is 26.0 Å². The monoisotopic (exact) mass is 328 g/mol. The minimum Gasteiger partial charge on any atom is -0.496 e. The number of thiazole rings is 1. The molecule has 0 aliphatic carbocycles. The highest BCUT2D eigenvalue weighted by molar-refractivity contribution is 7.93. The first kappa shape index (κ1) is 15.6. The van der Waals surface area contributed by atoms with Gasteiger partial charge in [0.15, 0.2) is 5.13 Å². The maximum absolute atomic E-state index is 12.5. The minimum absolute atomic E-state index is 0.0520. The molecule has 0 bridgehead atoms. The molecule has 1 N–H and O–H groups in total. The molecule has 6 nitrogen and oxygen atoms in total. The molecule has 1 aromatic heterocycles. The molecule has 114 valence electrons. The standard InChI is InChI=1S/C13H16N2O4S2/c1-8-7-20-13(14-8)15-21(16,17)11-6-5-10(18-3)9(2)12(11)19-4/h5-7H,1-4H3,(H,14,15). The Labute approximate surface area is 127 Å². The molecule has 0 aliphatic rings. The Morgan fingerprint density at radius 3 is 2.43 bits per heavy atom. The fourth-order valence-electron chi connectivity index (χ4n) is 1.91. The van der Waals surface area contributed by atoms with Crippen LogP contribution in [0, 0.1) is 13.8 Å². The van der Waals surface area contributed by atoms with Gasteiger partial charge < -0.3 is 9.47 Å². The lowest BCUT2D eigenvalue weighted by Crippen LogP contribution is -2.14. The fourth-order valence-corrected chi connectivity index (χ4v) is 4.07. The number of anilines is 1. The van der Waals surface area contributed by atoms with Crippen molar-refractivity contribution in [3.8, 4) is 11.5 Å². The van der Waals surface area contributed by atoms with Crippen LogP contribution in [0.3, 0.4) is 0 Å². The van der Waals surface area contributed by atoms with Gasteiger partial charge in [-0.15, -0.1) is 11.3 Å². The largest absolute Gasteiger partial charge is 0.496 e. The molecule has 2 rings (SSSR count). The molecule has 0 atom stereocenters. The number of nitrogens with zero attached hydrogens (tertiary/aromatic N) is 1. The van der Waals surface area contributed by atoms with Gasteiger partial charge in [0.2, 0.25) is 0 Å². The van der Waals surface area contributed by atoms with Crippen LogP contribution in [0.4, 0.5) is 5.13 Å². The summed E-state index contributed by atoms with van der Waals surface area (Å²) in [6, 6.07) is 3.05. The highest BCUT2D eigenvalue weighted by atomic mass is 32.2. The minimum atomic E-state index is -3.77. The number of rotatable bonds is 5. The molecule has 0 radical (unpaired) electrons. The predicted molar refractivity (Wildman–Crippen MR) is 81.9 cm³/mol. The first-order chi connectivity index (χ1) is 9.89. The third kappa shape index (κ3) is 3.11. The van der Waals surface area contributed by atoms with E-state index in [1.807, 2.05) is 0 Å². The van der Waals surface area contributed by atoms with Crippen LogP contribution in [-0.2, 0) is 10.0 Å². The Hall–Kier alpha value is -1.80. The van der Waals surface area contributed by atoms with E-state index in [0.29, 0.717) is 16.4 Å². The summed E-state index contributed by atoms with van der Waals surface area (Å²) in [5.41, 5.74) is 1.38. The molecule has 0 unspecified atom stereocenters. The normalized spacial score (nSPS) is 11.2. The molecule has 2 aromatic rings. The van der Waals surface area contributed by atoms with Crippen LogP contribution in [0.2, 0.25) is 0 Å². The van der Waals surface area contributed by atoms with Crippen molar-refractivity contribution in [3.63, 3.8) is 0 Å². The van der Waals surface area contributed by atoms with Crippen molar-refractivity contribution in [2.45, 2.75) is 18.7 Å². The van der Waals surface area contributed by atoms with Gasteiger partial charge in [0.05, 0.1) is 19.9 Å². The second kappa shape index (κ2) is 5.90. The Morgan fingerprint density at radius 2 is 1.90 bits per heavy atom. The van der Waals surface area contributed by atoms with Crippen molar-refractivity contribution in [1.82, 2.24) is 4.98 Å². The number of hydrogen-bond acceptors (Lipinski definition) is 6. The van der Waals surface area contributed by atoms with E-state index in [0.717, 1.165) is 5.69 Å². The summed E-state index contributed by atoms with van der Waals surface area (Å²) in [7, 11) is -0.828. The van der Waals surface area contributed by atoms with Crippen molar-refractivity contribution < 1.29 is 17.9 Å². The third-order valence-electron chi connectivity index (χ3n) is 2.87. The van der Waals surface area contributed by atoms with Crippen molar-refractivity contribution in [2.75, 3.05) is 18.9 Å². The van der Waals surface area contributed by atoms with E-state index in [4.69, 9.17) is 9.47 Å². The van der Waals surface area contributed by atoms with Gasteiger partial charge in [0.25, 0.3) is 10.0 Å². The number of benzene rings is 1. The summed E-state index contributed by atoms with van der Waals surface area (Å²) in [6.45, 7) is 3.54. The molecule has 0 spiro atoms. The summed E-state index contributed by atoms with van der Waals surface area (Å²) in [4.78, 5) is 4.15. The molecule has 1 aromatic carbocycles. The van der Waals surface area contributed by atoms with Crippen LogP contribution in [0.25, 0.3) is 0 Å². The number of nitrogens with one attached hydrogen (secondary N) is 1. The second-order valence-electron chi connectivity index (χ2n) is 4.32. The number of aryl methyl sites for hydroxylation is 1. The zero-order valence-electron chi connectivity index (χ0n) is 12.1. The second-order valence-corrected chi connectivity index (χ2v) is 6.83. The van der Waals surface area contributed by atoms with Crippen LogP contribution in [-0.4, -0.2) is 27.6 Å². The van der Waals surface area contributed by atoms with E-state index in [2.05, 4.69) is 9.71 Å². The van der Waals surface area contributed by atoms with E-state index in [1.165, 1.54) is 31.6 Å². The summed E-state index contributed by atoms with van der Waals surface area (Å²) >= 11 is 1.23. The van der Waals surface area contributed by atoms with E-state index < -0.39 is 10.0 Å². The molecular weight excluding hydrogens is 312 g/mol. The zero-order valence-corrected chi connectivity index (χ0v) is 13.8. The van der Waals surface area contributed by atoms with Crippen LogP contribution < -0.4 is 14.2 Å². The lowest BCUT2D eigenvalue weighted by molar-refractivity contribution is 0.380. The van der Waals surface area contributed by atoms with Crippen LogP contribution in [0.1, 0.15) is 11.3 Å². The van der Waals surface area contributed by atoms with Gasteiger partial charge in [-0.2, -0.15) is 0 Å². The fraction of sp³-hybridized carbons (Fsp3) is 0.308. The van der Waals surface area contributed by atoms with E-state index in [-0.39, 0.29) is 10.6 Å². The highest BCUT2D eigenvalue weighted by Gasteiger charge is 2.23. The Morgan fingerprint density at radius 1 is 1.19 bits per heavy atom. The summed E-state index contributed by atoms with van der Waals surface area (Å²) in [5.74, 6) is 0.825. The molecule has 8 heteroatoms. The van der Waals surface area contributed by atoms with Crippen LogP contribution in [0.15, 0.2) is 22.4 Å². The number of aromatic nitrogens is 1. The molecule has 0 aliphatic heterocycles. The maximum atomic E-state index is 12.5. The van der Waals surface area contributed by atoms with Gasteiger partial charge in [-0.3, -0.25) is 4.72 Å². The molecule has 0 fully saturated rings. The van der Waals surface area contributed by atoms with Gasteiger partial charge in [0.1, 0.15) is 16.4 Å². The van der Waals surface area contributed by atoms with Crippen molar-refractivity contribution in [2.24, 2.45) is 0 Å². The van der Waals surface area contributed by atoms with Crippen molar-refractivity contribution >= 4 is 26.5 Å². The van der Waals surface area contributed by atoms with Gasteiger partial charge >= 0.3 is 0 Å². The Balaban J connectivity index is 2.47. The topological polar surface area (TPSA) is 77.5 Å². The Bertz CT molecular complexity index is 754. The van der Waals surface area contributed by atoms with Crippen molar-refractivity contribution in [3.05, 3.63) is 28.8 Å². The predicted octanol–water partition coefficient (Wildman–Crippen LogP) is 2.58. The third-order valence-corrected chi connectivity index (χ3v) is 5.24. The van der Waals surface area contributed by atoms with Gasteiger partial charge in [-0.25, -0.2) is 13.4 Å². The summed E-state index contributed by atoms with van der Waals surface area (Å²) in [5, 5.41) is 2.09. The summed E-state index contributed by atoms with van der Waals surface area (Å²) < 4.78 is 37.8. The number of hydrogen-bond donors (Lipinski definition) is 1. The molecular formula is C13H16N2O4S2. The average Bonchev–Trinajstić information content (AvgIpc) is 2.82. The number of ether oxygens (including phenoxy) is 2. The molecule has 21 heavy (non-hydrogen) atoms. The smallest absolute Gasteiger partial charge is 0.267 e. The van der Waals surface area contributed by atoms with Crippen LogP contribution in [0.5, 0.6) is 11.5 Å². The number of sulfonamides is 1. The van der Waals surface area contributed by atoms with E-state index in [1.54, 1.807) is 25.3 Å². The van der Waals surface area contributed by atoms with Crippen molar-refractivity contribution in [1.29, 1.82) is 0 Å². The molecule has 0 amide bonds. The summed E-state index contributed by atoms with van der Waals surface area (Å²) in [6.07, 6.45) is 0. The van der Waals surface area contributed by atoms with Gasteiger partial charge in [-0.1, -0.05) is 0 Å². The quantitative estimate of drug-likeness (QED) is 0.913. The number of methoxy groups -OCH3 is 2. The highest BCUT2D eigenvalue weighted by Crippen LogP contribution is 2.35. The Kier molecular flexibility index (Phi) is 4.38. The van der Waals surface area contributed by atoms with Gasteiger partial charge in [0, 0.05) is 10.9 Å². The lowest BCUT2D eigenvalue weighted by Gasteiger charge is -2.14. The zero-order chi connectivity index (χ0) is 15.6. The SMILES string of the molecule is COc1ccc(S(=O)(=O)Nc2nc(C)cs2)c(OC)c1C. The maximum Gasteiger partial charge on any atom is 0.267 e. The van der Waals surface area contributed by atoms with E-state index in [9.17, 15) is 8.42 Å². The molecule has 0 saturated carbocycles.